The normalized spacial score (nSPS) is 20.0. The molecule has 1 saturated carbocycles. The SMILES string of the molecule is CCCC1CCC(c2ccc(OC(F)(F)c3cc(F)c(C(F)(F)F)c(F)c3)cc2)CC1. The highest BCUT2D eigenvalue weighted by molar-refractivity contribution is 5.33. The molecule has 0 heterocycles. The Morgan fingerprint density at radius 3 is 1.90 bits per heavy atom. The highest BCUT2D eigenvalue weighted by atomic mass is 19.4. The minimum absolute atomic E-state index is 0.0605. The van der Waals surface area contributed by atoms with Crippen LogP contribution in [-0.2, 0) is 12.3 Å². The summed E-state index contributed by atoms with van der Waals surface area (Å²) in [6.45, 7) is 2.16. The van der Waals surface area contributed by atoms with Crippen LogP contribution < -0.4 is 4.74 Å². The predicted octanol–water partition coefficient (Wildman–Crippen LogP) is 8.19. The van der Waals surface area contributed by atoms with Gasteiger partial charge in [-0.3, -0.25) is 0 Å². The molecule has 31 heavy (non-hydrogen) atoms. The highest BCUT2D eigenvalue weighted by Gasteiger charge is 2.42. The first-order valence-corrected chi connectivity index (χ1v) is 10.2. The zero-order valence-corrected chi connectivity index (χ0v) is 16.9. The molecule has 1 aliphatic carbocycles. The van der Waals surface area contributed by atoms with Crippen LogP contribution in [0.5, 0.6) is 5.75 Å². The molecule has 0 N–H and O–H groups in total. The molecule has 1 fully saturated rings. The summed E-state index contributed by atoms with van der Waals surface area (Å²) in [4.78, 5) is 0. The van der Waals surface area contributed by atoms with Crippen LogP contribution in [0.4, 0.5) is 30.7 Å². The smallest absolute Gasteiger partial charge is 0.426 e. The molecule has 0 atom stereocenters. The summed E-state index contributed by atoms with van der Waals surface area (Å²) < 4.78 is 98.5. The number of halogens is 7. The minimum Gasteiger partial charge on any atom is -0.429 e. The van der Waals surface area contributed by atoms with Gasteiger partial charge in [0, 0.05) is 0 Å². The lowest BCUT2D eigenvalue weighted by Crippen LogP contribution is -2.23. The molecule has 2 aromatic carbocycles. The molecule has 0 bridgehead atoms. The summed E-state index contributed by atoms with van der Waals surface area (Å²) in [6, 6.07) is 5.88. The first kappa shape index (κ1) is 23.4. The number of hydrogen-bond donors (Lipinski definition) is 0. The van der Waals surface area contributed by atoms with Gasteiger partial charge in [0.2, 0.25) is 0 Å². The van der Waals surface area contributed by atoms with E-state index >= 15 is 0 Å². The second-order valence-corrected chi connectivity index (χ2v) is 8.01. The van der Waals surface area contributed by atoms with Crippen LogP contribution in [0.1, 0.15) is 68.1 Å². The highest BCUT2D eigenvalue weighted by Crippen LogP contribution is 2.40. The van der Waals surface area contributed by atoms with Crippen molar-refractivity contribution in [1.29, 1.82) is 0 Å². The molecule has 0 aromatic heterocycles. The standard InChI is InChI=1S/C23H23F7O/c1-2-3-14-4-6-15(7-5-14)16-8-10-18(11-9-16)31-23(29,30)17-12-19(24)21(20(25)13-17)22(26,27)28/h8-15H,2-7H2,1H3. The quantitative estimate of drug-likeness (QED) is 0.405. The maximum Gasteiger partial charge on any atom is 0.426 e. The van der Waals surface area contributed by atoms with Crippen LogP contribution in [0, 0.1) is 17.6 Å². The van der Waals surface area contributed by atoms with Crippen LogP contribution in [0.15, 0.2) is 36.4 Å². The van der Waals surface area contributed by atoms with Crippen LogP contribution in [0.3, 0.4) is 0 Å². The molecule has 3 rings (SSSR count). The molecule has 0 amide bonds. The molecule has 1 nitrogen and oxygen atoms in total. The number of alkyl halides is 5. The van der Waals surface area contributed by atoms with E-state index in [0.717, 1.165) is 43.6 Å². The van der Waals surface area contributed by atoms with E-state index in [4.69, 9.17) is 0 Å². The molecule has 1 aliphatic rings. The first-order chi connectivity index (χ1) is 14.5. The van der Waals surface area contributed by atoms with Crippen molar-refractivity contribution in [1.82, 2.24) is 0 Å². The van der Waals surface area contributed by atoms with Crippen molar-refractivity contribution in [2.45, 2.75) is 63.7 Å². The van der Waals surface area contributed by atoms with E-state index < -0.39 is 35.0 Å². The van der Waals surface area contributed by atoms with Crippen LogP contribution >= 0.6 is 0 Å². The van der Waals surface area contributed by atoms with Gasteiger partial charge < -0.3 is 4.74 Å². The van der Waals surface area contributed by atoms with Crippen LogP contribution in [0.2, 0.25) is 0 Å². The predicted molar refractivity (Wildman–Crippen MR) is 102 cm³/mol. The van der Waals surface area contributed by atoms with Gasteiger partial charge in [-0.25, -0.2) is 8.78 Å². The van der Waals surface area contributed by atoms with Gasteiger partial charge in [-0.2, -0.15) is 22.0 Å². The second-order valence-electron chi connectivity index (χ2n) is 8.01. The molecule has 0 saturated heterocycles. The topological polar surface area (TPSA) is 9.23 Å². The lowest BCUT2D eigenvalue weighted by Gasteiger charge is -2.28. The fourth-order valence-corrected chi connectivity index (χ4v) is 4.22. The maximum atomic E-state index is 14.4. The molecular weight excluding hydrogens is 425 g/mol. The Hall–Kier alpha value is -2.25. The average Bonchev–Trinajstić information content (AvgIpc) is 2.67. The fourth-order valence-electron chi connectivity index (χ4n) is 4.22. The van der Waals surface area contributed by atoms with Crippen molar-refractivity contribution in [3.63, 3.8) is 0 Å². The van der Waals surface area contributed by atoms with E-state index in [1.165, 1.54) is 18.6 Å². The van der Waals surface area contributed by atoms with Crippen molar-refractivity contribution in [3.05, 3.63) is 64.7 Å². The van der Waals surface area contributed by atoms with Crippen LogP contribution in [0.25, 0.3) is 0 Å². The fraction of sp³-hybridized carbons (Fsp3) is 0.478. The third-order valence-electron chi connectivity index (χ3n) is 5.80. The molecule has 170 valence electrons. The maximum absolute atomic E-state index is 14.4. The second kappa shape index (κ2) is 9.09. The largest absolute Gasteiger partial charge is 0.429 e. The zero-order chi connectivity index (χ0) is 22.8. The Bertz CT molecular complexity index is 859. The zero-order valence-electron chi connectivity index (χ0n) is 16.9. The Labute approximate surface area is 176 Å². The Balaban J connectivity index is 1.71. The third kappa shape index (κ3) is 5.52. The van der Waals surface area contributed by atoms with Crippen molar-refractivity contribution < 1.29 is 35.5 Å². The molecular formula is C23H23F7O. The summed E-state index contributed by atoms with van der Waals surface area (Å²) in [5.41, 5.74) is -2.56. The Morgan fingerprint density at radius 2 is 1.42 bits per heavy atom. The van der Waals surface area contributed by atoms with E-state index in [2.05, 4.69) is 11.7 Å². The summed E-state index contributed by atoms with van der Waals surface area (Å²) in [6.07, 6.45) is -2.90. The molecule has 0 unspecified atom stereocenters. The lowest BCUT2D eigenvalue weighted by atomic mass is 9.77. The third-order valence-corrected chi connectivity index (χ3v) is 5.80. The van der Waals surface area contributed by atoms with Gasteiger partial charge in [0.25, 0.3) is 0 Å². The van der Waals surface area contributed by atoms with E-state index in [1.807, 2.05) is 0 Å². The van der Waals surface area contributed by atoms with E-state index in [1.54, 1.807) is 12.1 Å². The number of benzene rings is 2. The Kier molecular flexibility index (Phi) is 6.86. The van der Waals surface area contributed by atoms with Gasteiger partial charge in [0.15, 0.2) is 0 Å². The van der Waals surface area contributed by atoms with E-state index in [0.29, 0.717) is 5.92 Å². The first-order valence-electron chi connectivity index (χ1n) is 10.2. The van der Waals surface area contributed by atoms with E-state index in [9.17, 15) is 30.7 Å². The van der Waals surface area contributed by atoms with Gasteiger partial charge in [-0.05, 0) is 67.3 Å². The van der Waals surface area contributed by atoms with Crippen molar-refractivity contribution in [2.75, 3.05) is 0 Å². The summed E-state index contributed by atoms with van der Waals surface area (Å²) in [5, 5.41) is 0. The number of hydrogen-bond acceptors (Lipinski definition) is 1. The van der Waals surface area contributed by atoms with Crippen molar-refractivity contribution >= 4 is 0 Å². The van der Waals surface area contributed by atoms with Gasteiger partial charge in [0.1, 0.15) is 22.9 Å². The molecule has 8 heteroatoms. The lowest BCUT2D eigenvalue weighted by molar-refractivity contribution is -0.186. The summed E-state index contributed by atoms with van der Waals surface area (Å²) in [5.74, 6) is -3.44. The summed E-state index contributed by atoms with van der Waals surface area (Å²) >= 11 is 0. The van der Waals surface area contributed by atoms with Gasteiger partial charge in [-0.1, -0.05) is 31.9 Å². The van der Waals surface area contributed by atoms with E-state index in [-0.39, 0.29) is 17.9 Å². The van der Waals surface area contributed by atoms with Crippen molar-refractivity contribution in [2.24, 2.45) is 5.92 Å². The van der Waals surface area contributed by atoms with Gasteiger partial charge in [-0.15, -0.1) is 0 Å². The van der Waals surface area contributed by atoms with Crippen LogP contribution in [-0.4, -0.2) is 0 Å². The number of ether oxygens (including phenoxy) is 1. The molecule has 2 aromatic rings. The molecule has 0 radical (unpaired) electrons. The Morgan fingerprint density at radius 1 is 0.871 bits per heavy atom. The molecule has 0 spiro atoms. The van der Waals surface area contributed by atoms with Crippen molar-refractivity contribution in [3.8, 4) is 5.75 Å². The number of rotatable bonds is 6. The molecule has 0 aliphatic heterocycles. The minimum atomic E-state index is -5.34. The monoisotopic (exact) mass is 448 g/mol. The van der Waals surface area contributed by atoms with Gasteiger partial charge >= 0.3 is 12.3 Å². The van der Waals surface area contributed by atoms with Gasteiger partial charge in [0.05, 0.1) is 5.56 Å². The average molecular weight is 448 g/mol. The summed E-state index contributed by atoms with van der Waals surface area (Å²) in [7, 11) is 0.